The molecule has 0 radical (unpaired) electrons. The number of furan rings is 1. The van der Waals surface area contributed by atoms with Gasteiger partial charge in [0.2, 0.25) is 0 Å². The van der Waals surface area contributed by atoms with E-state index in [1.54, 1.807) is 17.3 Å². The molecule has 0 aliphatic heterocycles. The Kier molecular flexibility index (Phi) is 4.68. The summed E-state index contributed by atoms with van der Waals surface area (Å²) in [4.78, 5) is 15.7. The summed E-state index contributed by atoms with van der Waals surface area (Å²) in [6, 6.07) is 13.4. The van der Waals surface area contributed by atoms with Gasteiger partial charge < -0.3 is 14.5 Å². The Bertz CT molecular complexity index is 738. The molecular formula is C16H16N4O3. The fraction of sp³-hybridized carbons (Fsp3) is 0.188. The van der Waals surface area contributed by atoms with E-state index >= 15 is 0 Å². The van der Waals surface area contributed by atoms with E-state index in [0.717, 1.165) is 11.4 Å². The predicted molar refractivity (Wildman–Crippen MR) is 82.3 cm³/mol. The topological polar surface area (TPSA) is 82.2 Å². The lowest BCUT2D eigenvalue weighted by Gasteiger charge is -2.04. The molecule has 0 bridgehead atoms. The molecule has 0 aliphatic carbocycles. The Labute approximate surface area is 132 Å². The summed E-state index contributed by atoms with van der Waals surface area (Å²) in [6.45, 7) is 0.360. The highest BCUT2D eigenvalue weighted by atomic mass is 16.5. The van der Waals surface area contributed by atoms with Crippen molar-refractivity contribution in [2.24, 2.45) is 0 Å². The number of nitrogens with one attached hydrogen (secondary N) is 1. The Balaban J connectivity index is 1.43. The third-order valence-corrected chi connectivity index (χ3v) is 3.10. The van der Waals surface area contributed by atoms with Gasteiger partial charge in [-0.2, -0.15) is 4.98 Å². The minimum Gasteiger partial charge on any atom is -0.469 e. The van der Waals surface area contributed by atoms with E-state index in [9.17, 15) is 4.79 Å². The second-order valence-electron chi connectivity index (χ2n) is 4.78. The normalized spacial score (nSPS) is 10.4. The predicted octanol–water partition coefficient (Wildman–Crippen LogP) is 1.60. The van der Waals surface area contributed by atoms with Crippen molar-refractivity contribution in [2.75, 3.05) is 13.2 Å². The molecular weight excluding hydrogens is 296 g/mol. The molecule has 1 N–H and O–H groups in total. The molecule has 0 saturated carbocycles. The van der Waals surface area contributed by atoms with Crippen LogP contribution in [0, 0.1) is 0 Å². The number of para-hydroxylation sites is 1. The van der Waals surface area contributed by atoms with Gasteiger partial charge in [-0.3, -0.25) is 4.79 Å². The van der Waals surface area contributed by atoms with E-state index in [4.69, 9.17) is 9.15 Å². The first-order valence-electron chi connectivity index (χ1n) is 7.20. The smallest absolute Gasteiger partial charge is 0.336 e. The second-order valence-corrected chi connectivity index (χ2v) is 4.78. The molecule has 7 heteroatoms. The van der Waals surface area contributed by atoms with Crippen molar-refractivity contribution in [1.29, 1.82) is 0 Å². The quantitative estimate of drug-likeness (QED) is 0.716. The van der Waals surface area contributed by atoms with Gasteiger partial charge >= 0.3 is 6.01 Å². The van der Waals surface area contributed by atoms with Crippen molar-refractivity contribution < 1.29 is 13.9 Å². The maximum Gasteiger partial charge on any atom is 0.336 e. The summed E-state index contributed by atoms with van der Waals surface area (Å²) < 4.78 is 12.1. The first-order valence-corrected chi connectivity index (χ1v) is 7.20. The fourth-order valence-electron chi connectivity index (χ4n) is 1.98. The Morgan fingerprint density at radius 1 is 1.22 bits per heavy atom. The molecule has 23 heavy (non-hydrogen) atoms. The van der Waals surface area contributed by atoms with E-state index in [-0.39, 0.29) is 18.5 Å². The highest BCUT2D eigenvalue weighted by Crippen LogP contribution is 2.08. The molecule has 3 aromatic rings. The zero-order valence-corrected chi connectivity index (χ0v) is 12.4. The largest absolute Gasteiger partial charge is 0.469 e. The minimum atomic E-state index is -0.229. The maximum absolute atomic E-state index is 11.7. The zero-order chi connectivity index (χ0) is 15.9. The van der Waals surface area contributed by atoms with Gasteiger partial charge in [0.1, 0.15) is 12.1 Å². The molecule has 7 nitrogen and oxygen atoms in total. The summed E-state index contributed by atoms with van der Waals surface area (Å²) >= 11 is 0. The number of rotatable bonds is 7. The van der Waals surface area contributed by atoms with Crippen molar-refractivity contribution >= 4 is 5.91 Å². The highest BCUT2D eigenvalue weighted by Gasteiger charge is 2.07. The van der Waals surface area contributed by atoms with Crippen LogP contribution in [0.1, 0.15) is 5.76 Å². The SMILES string of the molecule is O=C(COc1ncn(-c2ccccc2)n1)NCCc1ccco1. The standard InChI is InChI=1S/C16H16N4O3/c21-15(17-9-8-14-7-4-10-22-14)11-23-16-18-12-20(19-16)13-5-2-1-3-6-13/h1-7,10,12H,8-9,11H2,(H,17,21). The van der Waals surface area contributed by atoms with Crippen LogP contribution in [0.2, 0.25) is 0 Å². The molecule has 0 spiro atoms. The van der Waals surface area contributed by atoms with Gasteiger partial charge in [0.25, 0.3) is 5.91 Å². The zero-order valence-electron chi connectivity index (χ0n) is 12.4. The lowest BCUT2D eigenvalue weighted by atomic mass is 10.3. The minimum absolute atomic E-state index is 0.128. The number of ether oxygens (including phenoxy) is 1. The van der Waals surface area contributed by atoms with Gasteiger partial charge in [-0.1, -0.05) is 18.2 Å². The van der Waals surface area contributed by atoms with E-state index in [0.29, 0.717) is 13.0 Å². The number of carbonyl (C=O) groups is 1. The van der Waals surface area contributed by atoms with Gasteiger partial charge in [-0.05, 0) is 24.3 Å². The molecule has 118 valence electrons. The van der Waals surface area contributed by atoms with Crippen molar-refractivity contribution in [3.8, 4) is 11.7 Å². The van der Waals surface area contributed by atoms with Crippen molar-refractivity contribution in [2.45, 2.75) is 6.42 Å². The molecule has 1 amide bonds. The summed E-state index contributed by atoms with van der Waals surface area (Å²) in [5.74, 6) is 0.599. The molecule has 0 atom stereocenters. The molecule has 2 aromatic heterocycles. The van der Waals surface area contributed by atoms with Crippen LogP contribution in [-0.2, 0) is 11.2 Å². The third-order valence-electron chi connectivity index (χ3n) is 3.10. The molecule has 0 saturated heterocycles. The number of amides is 1. The highest BCUT2D eigenvalue weighted by molar-refractivity contribution is 5.77. The van der Waals surface area contributed by atoms with E-state index in [2.05, 4.69) is 15.4 Å². The van der Waals surface area contributed by atoms with Crippen LogP contribution in [0.4, 0.5) is 0 Å². The van der Waals surface area contributed by atoms with Crippen LogP contribution in [0.25, 0.3) is 5.69 Å². The number of benzene rings is 1. The van der Waals surface area contributed by atoms with Crippen LogP contribution < -0.4 is 10.1 Å². The molecule has 3 rings (SSSR count). The Hall–Kier alpha value is -3.09. The van der Waals surface area contributed by atoms with Crippen LogP contribution in [0.5, 0.6) is 6.01 Å². The maximum atomic E-state index is 11.7. The first kappa shape index (κ1) is 14.8. The summed E-state index contributed by atoms with van der Waals surface area (Å²) in [5.41, 5.74) is 0.873. The number of nitrogens with zero attached hydrogens (tertiary/aromatic N) is 3. The monoisotopic (exact) mass is 312 g/mol. The van der Waals surface area contributed by atoms with Crippen LogP contribution in [-0.4, -0.2) is 33.8 Å². The summed E-state index contributed by atoms with van der Waals surface area (Å²) in [6.07, 6.45) is 3.79. The average Bonchev–Trinajstić information content (AvgIpc) is 3.25. The van der Waals surface area contributed by atoms with E-state index in [1.165, 1.54) is 0 Å². The number of carbonyl (C=O) groups excluding carboxylic acids is 1. The lowest BCUT2D eigenvalue weighted by Crippen LogP contribution is -2.30. The van der Waals surface area contributed by atoms with Gasteiger partial charge in [-0.15, -0.1) is 5.10 Å². The molecule has 0 unspecified atom stereocenters. The van der Waals surface area contributed by atoms with Crippen molar-refractivity contribution in [3.63, 3.8) is 0 Å². The Morgan fingerprint density at radius 2 is 2.09 bits per heavy atom. The van der Waals surface area contributed by atoms with Gasteiger partial charge in [0.15, 0.2) is 6.61 Å². The average molecular weight is 312 g/mol. The number of aromatic nitrogens is 3. The Morgan fingerprint density at radius 3 is 2.87 bits per heavy atom. The molecule has 1 aromatic carbocycles. The van der Waals surface area contributed by atoms with E-state index < -0.39 is 0 Å². The van der Waals surface area contributed by atoms with Gasteiger partial charge in [0, 0.05) is 13.0 Å². The van der Waals surface area contributed by atoms with Gasteiger partial charge in [0.05, 0.1) is 12.0 Å². The first-order chi connectivity index (χ1) is 11.3. The fourth-order valence-corrected chi connectivity index (χ4v) is 1.98. The van der Waals surface area contributed by atoms with Crippen LogP contribution in [0.3, 0.4) is 0 Å². The summed E-state index contributed by atoms with van der Waals surface area (Å²) in [5, 5.41) is 6.91. The molecule has 0 fully saturated rings. The number of hydrogen-bond donors (Lipinski definition) is 1. The molecule has 2 heterocycles. The van der Waals surface area contributed by atoms with Gasteiger partial charge in [-0.25, -0.2) is 4.68 Å². The number of hydrogen-bond acceptors (Lipinski definition) is 5. The van der Waals surface area contributed by atoms with Crippen LogP contribution in [0.15, 0.2) is 59.5 Å². The summed E-state index contributed by atoms with van der Waals surface area (Å²) in [7, 11) is 0. The van der Waals surface area contributed by atoms with Crippen LogP contribution >= 0.6 is 0 Å². The van der Waals surface area contributed by atoms with Crippen molar-refractivity contribution in [1.82, 2.24) is 20.1 Å². The second kappa shape index (κ2) is 7.26. The van der Waals surface area contributed by atoms with E-state index in [1.807, 2.05) is 42.5 Å². The third kappa shape index (κ3) is 4.19. The molecule has 0 aliphatic rings. The van der Waals surface area contributed by atoms with Crippen molar-refractivity contribution in [3.05, 3.63) is 60.8 Å². The lowest BCUT2D eigenvalue weighted by molar-refractivity contribution is -0.123.